The molecular weight excluding hydrogens is 348 g/mol. The molecule has 0 aromatic heterocycles. The Morgan fingerprint density at radius 2 is 1.77 bits per heavy atom. The highest BCUT2D eigenvalue weighted by Crippen LogP contribution is 2.33. The molecule has 0 radical (unpaired) electrons. The summed E-state index contributed by atoms with van der Waals surface area (Å²) in [6, 6.07) is 10.2. The number of rotatable bonds is 5. The van der Waals surface area contributed by atoms with Crippen LogP contribution in [0.5, 0.6) is 0 Å². The third-order valence-corrected chi connectivity index (χ3v) is 7.98. The zero-order chi connectivity index (χ0) is 18.1. The minimum Gasteiger partial charge on any atom is -0.336 e. The van der Waals surface area contributed by atoms with E-state index in [1.54, 1.807) is 0 Å². The number of hydrogen-bond acceptors (Lipinski definition) is 4. The summed E-state index contributed by atoms with van der Waals surface area (Å²) >= 11 is 0. The van der Waals surface area contributed by atoms with Crippen molar-refractivity contribution in [3.63, 3.8) is 0 Å². The number of amides is 1. The standard InChI is InChI=1S/C20H28N2O3S/c23-20(17-9-4-10-17)22-13-12-21(18-14-26(24,25)15-19(18)22)11-5-8-16-6-2-1-3-7-16/h1-3,6-7,17-19H,4-5,8-15H2/t18-,19+/m0/s1. The van der Waals surface area contributed by atoms with Crippen molar-refractivity contribution in [3.8, 4) is 0 Å². The second-order valence-electron chi connectivity index (χ2n) is 8.00. The minimum absolute atomic E-state index is 0.0199. The Hall–Kier alpha value is -1.40. The summed E-state index contributed by atoms with van der Waals surface area (Å²) < 4.78 is 24.6. The van der Waals surface area contributed by atoms with Crippen LogP contribution in [0.2, 0.25) is 0 Å². The number of fused-ring (bicyclic) bond motifs is 1. The van der Waals surface area contributed by atoms with Gasteiger partial charge in [0.1, 0.15) is 0 Å². The van der Waals surface area contributed by atoms with Gasteiger partial charge in [0.2, 0.25) is 5.91 Å². The second kappa shape index (κ2) is 7.31. The fourth-order valence-corrected chi connectivity index (χ4v) is 6.61. The van der Waals surface area contributed by atoms with E-state index in [-0.39, 0.29) is 35.4 Å². The van der Waals surface area contributed by atoms with Crippen LogP contribution < -0.4 is 0 Å². The van der Waals surface area contributed by atoms with Crippen LogP contribution >= 0.6 is 0 Å². The molecule has 1 saturated carbocycles. The van der Waals surface area contributed by atoms with Crippen LogP contribution in [0.15, 0.2) is 30.3 Å². The van der Waals surface area contributed by atoms with Crippen LogP contribution in [-0.2, 0) is 21.1 Å². The predicted octanol–water partition coefficient (Wildman–Crippen LogP) is 1.73. The molecule has 0 unspecified atom stereocenters. The zero-order valence-electron chi connectivity index (χ0n) is 15.2. The molecule has 3 fully saturated rings. The molecule has 1 aromatic rings. The summed E-state index contributed by atoms with van der Waals surface area (Å²) in [5, 5.41) is 0. The molecule has 0 bridgehead atoms. The van der Waals surface area contributed by atoms with Crippen LogP contribution in [0.25, 0.3) is 0 Å². The van der Waals surface area contributed by atoms with Gasteiger partial charge in [0.25, 0.3) is 0 Å². The molecule has 2 aliphatic heterocycles. The van der Waals surface area contributed by atoms with Crippen molar-refractivity contribution in [1.82, 2.24) is 9.80 Å². The Bertz CT molecular complexity index is 746. The Balaban J connectivity index is 1.41. The molecule has 0 spiro atoms. The van der Waals surface area contributed by atoms with Crippen molar-refractivity contribution in [2.75, 3.05) is 31.1 Å². The van der Waals surface area contributed by atoms with E-state index in [2.05, 4.69) is 29.2 Å². The van der Waals surface area contributed by atoms with Crippen molar-refractivity contribution < 1.29 is 13.2 Å². The van der Waals surface area contributed by atoms with Crippen LogP contribution in [-0.4, -0.2) is 67.3 Å². The molecule has 1 aromatic carbocycles. The van der Waals surface area contributed by atoms with E-state index in [9.17, 15) is 13.2 Å². The topological polar surface area (TPSA) is 57.7 Å². The van der Waals surface area contributed by atoms with Gasteiger partial charge in [-0.05, 0) is 37.8 Å². The van der Waals surface area contributed by atoms with Crippen LogP contribution in [0.4, 0.5) is 0 Å². The van der Waals surface area contributed by atoms with Gasteiger partial charge in [-0.2, -0.15) is 0 Å². The normalized spacial score (nSPS) is 28.5. The third kappa shape index (κ3) is 3.67. The van der Waals surface area contributed by atoms with E-state index in [1.807, 2.05) is 11.0 Å². The fourth-order valence-electron chi connectivity index (χ4n) is 4.60. The van der Waals surface area contributed by atoms with Crippen molar-refractivity contribution in [2.45, 2.75) is 44.2 Å². The molecule has 2 atom stereocenters. The van der Waals surface area contributed by atoms with E-state index < -0.39 is 9.84 Å². The van der Waals surface area contributed by atoms with E-state index >= 15 is 0 Å². The number of carbonyl (C=O) groups is 1. The maximum absolute atomic E-state index is 12.8. The van der Waals surface area contributed by atoms with E-state index in [4.69, 9.17) is 0 Å². The fraction of sp³-hybridized carbons (Fsp3) is 0.650. The van der Waals surface area contributed by atoms with Gasteiger partial charge in [0.15, 0.2) is 9.84 Å². The Kier molecular flexibility index (Phi) is 5.06. The van der Waals surface area contributed by atoms with Gasteiger partial charge in [0.05, 0.1) is 17.5 Å². The van der Waals surface area contributed by atoms with Crippen molar-refractivity contribution >= 4 is 15.7 Å². The molecule has 4 rings (SSSR count). The number of piperazine rings is 1. The minimum atomic E-state index is -3.06. The lowest BCUT2D eigenvalue weighted by Gasteiger charge is -2.46. The lowest BCUT2D eigenvalue weighted by molar-refractivity contribution is -0.144. The maximum atomic E-state index is 12.8. The SMILES string of the molecule is O=C(C1CCC1)N1CCN(CCCc2ccccc2)[C@H]2CS(=O)(=O)C[C@H]21. The van der Waals surface area contributed by atoms with Crippen molar-refractivity contribution in [2.24, 2.45) is 5.92 Å². The summed E-state index contributed by atoms with van der Waals surface area (Å²) in [4.78, 5) is 17.0. The van der Waals surface area contributed by atoms with Crippen molar-refractivity contribution in [3.05, 3.63) is 35.9 Å². The molecule has 5 nitrogen and oxygen atoms in total. The number of carbonyl (C=O) groups excluding carboxylic acids is 1. The van der Waals surface area contributed by atoms with Gasteiger partial charge in [0, 0.05) is 25.0 Å². The summed E-state index contributed by atoms with van der Waals surface area (Å²) in [5.74, 6) is 0.693. The molecule has 3 aliphatic rings. The second-order valence-corrected chi connectivity index (χ2v) is 10.1. The third-order valence-electron chi connectivity index (χ3n) is 6.28. The van der Waals surface area contributed by atoms with Crippen LogP contribution in [0.3, 0.4) is 0 Å². The highest BCUT2D eigenvalue weighted by atomic mass is 32.2. The summed E-state index contributed by atoms with van der Waals surface area (Å²) in [6.45, 7) is 2.37. The number of aryl methyl sites for hydroxylation is 1. The summed E-state index contributed by atoms with van der Waals surface area (Å²) in [5.41, 5.74) is 1.32. The molecule has 2 saturated heterocycles. The summed E-state index contributed by atoms with van der Waals surface area (Å²) in [6.07, 6.45) is 5.10. The first kappa shape index (κ1) is 18.0. The van der Waals surface area contributed by atoms with E-state index in [0.717, 1.165) is 45.2 Å². The maximum Gasteiger partial charge on any atom is 0.226 e. The quantitative estimate of drug-likeness (QED) is 0.785. The lowest BCUT2D eigenvalue weighted by Crippen LogP contribution is -2.61. The Morgan fingerprint density at radius 1 is 1.04 bits per heavy atom. The van der Waals surface area contributed by atoms with Gasteiger partial charge in [-0.15, -0.1) is 0 Å². The molecule has 0 N–H and O–H groups in total. The predicted molar refractivity (Wildman–Crippen MR) is 102 cm³/mol. The van der Waals surface area contributed by atoms with Gasteiger partial charge in [-0.3, -0.25) is 9.69 Å². The van der Waals surface area contributed by atoms with Crippen LogP contribution in [0.1, 0.15) is 31.2 Å². The number of hydrogen-bond donors (Lipinski definition) is 0. The zero-order valence-corrected chi connectivity index (χ0v) is 16.0. The monoisotopic (exact) mass is 376 g/mol. The largest absolute Gasteiger partial charge is 0.336 e. The van der Waals surface area contributed by atoms with Gasteiger partial charge in [-0.25, -0.2) is 8.42 Å². The Morgan fingerprint density at radius 3 is 2.46 bits per heavy atom. The highest BCUT2D eigenvalue weighted by Gasteiger charge is 2.48. The number of nitrogens with zero attached hydrogens (tertiary/aromatic N) is 2. The van der Waals surface area contributed by atoms with Gasteiger partial charge in [-0.1, -0.05) is 36.8 Å². The Labute approximate surface area is 156 Å². The average molecular weight is 377 g/mol. The smallest absolute Gasteiger partial charge is 0.226 e. The molecule has 6 heteroatoms. The molecule has 26 heavy (non-hydrogen) atoms. The summed E-state index contributed by atoms with van der Waals surface area (Å²) in [7, 11) is -3.06. The molecule has 2 heterocycles. The molecule has 142 valence electrons. The van der Waals surface area contributed by atoms with Gasteiger partial charge >= 0.3 is 0 Å². The van der Waals surface area contributed by atoms with Crippen molar-refractivity contribution in [1.29, 1.82) is 0 Å². The molecular formula is C20H28N2O3S. The molecule has 1 amide bonds. The average Bonchev–Trinajstić information content (AvgIpc) is 2.89. The van der Waals surface area contributed by atoms with Crippen LogP contribution in [0, 0.1) is 5.92 Å². The first-order valence-corrected chi connectivity index (χ1v) is 11.6. The highest BCUT2D eigenvalue weighted by molar-refractivity contribution is 7.91. The van der Waals surface area contributed by atoms with E-state index in [1.165, 1.54) is 5.56 Å². The first-order chi connectivity index (χ1) is 12.5. The lowest BCUT2D eigenvalue weighted by atomic mass is 9.83. The number of benzene rings is 1. The first-order valence-electron chi connectivity index (χ1n) is 9.82. The number of sulfone groups is 1. The van der Waals surface area contributed by atoms with Gasteiger partial charge < -0.3 is 4.90 Å². The van der Waals surface area contributed by atoms with E-state index in [0.29, 0.717) is 6.54 Å². The molecule has 1 aliphatic carbocycles.